The summed E-state index contributed by atoms with van der Waals surface area (Å²) < 4.78 is 6.04. The predicted molar refractivity (Wildman–Crippen MR) is 162 cm³/mol. The first-order valence-corrected chi connectivity index (χ1v) is 14.4. The van der Waals surface area contributed by atoms with Crippen molar-refractivity contribution in [3.05, 3.63) is 92.5 Å². The lowest BCUT2D eigenvalue weighted by Gasteiger charge is -2.33. The van der Waals surface area contributed by atoms with Crippen molar-refractivity contribution in [3.63, 3.8) is 0 Å². The van der Waals surface area contributed by atoms with Crippen molar-refractivity contribution in [3.8, 4) is 11.3 Å². The van der Waals surface area contributed by atoms with Gasteiger partial charge >= 0.3 is 5.97 Å². The van der Waals surface area contributed by atoms with Crippen molar-refractivity contribution in [1.29, 1.82) is 0 Å². The highest BCUT2D eigenvalue weighted by Gasteiger charge is 2.33. The second-order valence-electron chi connectivity index (χ2n) is 11.2. The van der Waals surface area contributed by atoms with Gasteiger partial charge in [-0.3, -0.25) is 4.79 Å². The number of carboxylic acids is 1. The number of furan rings is 1. The molecule has 5 rings (SSSR count). The van der Waals surface area contributed by atoms with Gasteiger partial charge in [0.25, 0.3) is 5.91 Å². The molecule has 2 aromatic carbocycles. The zero-order valence-electron chi connectivity index (χ0n) is 22.9. The number of aryl methyl sites for hydroxylation is 1. The van der Waals surface area contributed by atoms with E-state index in [1.165, 1.54) is 4.88 Å². The number of anilines is 1. The Morgan fingerprint density at radius 1 is 1.12 bits per heavy atom. The summed E-state index contributed by atoms with van der Waals surface area (Å²) in [4.78, 5) is 30.8. The van der Waals surface area contributed by atoms with E-state index in [1.54, 1.807) is 60.0 Å². The Hall–Kier alpha value is -3.68. The summed E-state index contributed by atoms with van der Waals surface area (Å²) in [6.07, 6.45) is 4.43. The normalized spacial score (nSPS) is 15.3. The highest BCUT2D eigenvalue weighted by atomic mass is 35.5. The molecular formula is C32H31ClN2O4S. The number of hydrogen-bond donors (Lipinski definition) is 2. The quantitative estimate of drug-likeness (QED) is 0.225. The van der Waals surface area contributed by atoms with E-state index in [-0.39, 0.29) is 16.9 Å². The summed E-state index contributed by atoms with van der Waals surface area (Å²) in [5.74, 6) is 0.543. The second kappa shape index (κ2) is 11.1. The molecule has 2 heterocycles. The van der Waals surface area contributed by atoms with Crippen molar-refractivity contribution in [1.82, 2.24) is 0 Å². The Balaban J connectivity index is 1.46. The van der Waals surface area contributed by atoms with E-state index < -0.39 is 5.97 Å². The van der Waals surface area contributed by atoms with Gasteiger partial charge in [0.15, 0.2) is 0 Å². The number of fused-ring (bicyclic) bond motifs is 1. The number of thiophene rings is 1. The topological polar surface area (TPSA) is 91.9 Å². The van der Waals surface area contributed by atoms with Crippen LogP contribution in [0.25, 0.3) is 11.3 Å². The molecule has 6 nitrogen and oxygen atoms in total. The summed E-state index contributed by atoms with van der Waals surface area (Å²) >= 11 is 7.60. The van der Waals surface area contributed by atoms with Crippen LogP contribution in [0.2, 0.25) is 5.02 Å². The van der Waals surface area contributed by atoms with Crippen LogP contribution >= 0.6 is 22.9 Å². The number of amides is 1. The summed E-state index contributed by atoms with van der Waals surface area (Å²) in [5.41, 5.74) is 4.40. The molecule has 0 bridgehead atoms. The molecule has 0 radical (unpaired) electrons. The molecule has 1 aliphatic rings. The standard InChI is InChI=1S/C32H31ClN2O4S/c1-18-15-19(31(37)38)5-12-24(18)26-14-11-23(39-26)17-34-30-28(29(36)35-22-9-7-21(33)8-10-22)25-13-6-20(32(2,3)4)16-27(25)40-30/h5,7-12,14-15,17,20H,6,13,16H2,1-4H3,(H,35,36)(H,37,38)/t20-/m1/s1. The Bertz CT molecular complexity index is 1610. The number of nitrogens with one attached hydrogen (secondary N) is 1. The molecule has 1 atom stereocenters. The van der Waals surface area contributed by atoms with E-state index in [9.17, 15) is 14.7 Å². The van der Waals surface area contributed by atoms with Crippen LogP contribution in [-0.2, 0) is 12.8 Å². The lowest BCUT2D eigenvalue weighted by atomic mass is 9.72. The zero-order chi connectivity index (χ0) is 28.6. The lowest BCUT2D eigenvalue weighted by molar-refractivity contribution is 0.0696. The van der Waals surface area contributed by atoms with Crippen LogP contribution < -0.4 is 5.32 Å². The number of hydrogen-bond acceptors (Lipinski definition) is 5. The maximum Gasteiger partial charge on any atom is 0.335 e. The first-order chi connectivity index (χ1) is 19.0. The first-order valence-electron chi connectivity index (χ1n) is 13.2. The minimum atomic E-state index is -0.967. The van der Waals surface area contributed by atoms with Crippen LogP contribution in [0.5, 0.6) is 0 Å². The molecule has 206 valence electrons. The van der Waals surface area contributed by atoms with Crippen molar-refractivity contribution in [2.45, 2.75) is 47.0 Å². The Morgan fingerprint density at radius 2 is 1.88 bits per heavy atom. The monoisotopic (exact) mass is 574 g/mol. The number of aliphatic imine (C=N–C) groups is 1. The molecule has 0 saturated heterocycles. The van der Waals surface area contributed by atoms with Gasteiger partial charge in [-0.15, -0.1) is 11.3 Å². The minimum absolute atomic E-state index is 0.183. The van der Waals surface area contributed by atoms with Gasteiger partial charge in [-0.1, -0.05) is 38.4 Å². The molecule has 0 fully saturated rings. The van der Waals surface area contributed by atoms with E-state index >= 15 is 0 Å². The van der Waals surface area contributed by atoms with Crippen LogP contribution in [0.1, 0.15) is 69.7 Å². The van der Waals surface area contributed by atoms with E-state index in [1.807, 2.05) is 19.1 Å². The van der Waals surface area contributed by atoms with E-state index in [0.29, 0.717) is 38.7 Å². The van der Waals surface area contributed by atoms with Gasteiger partial charge in [-0.05, 0) is 97.2 Å². The number of benzene rings is 2. The number of halogens is 1. The number of nitrogens with zero attached hydrogens (tertiary/aromatic N) is 1. The number of rotatable bonds is 6. The van der Waals surface area contributed by atoms with Crippen LogP contribution in [0.3, 0.4) is 0 Å². The second-order valence-corrected chi connectivity index (χ2v) is 12.8. The fraction of sp³-hybridized carbons (Fsp3) is 0.281. The van der Waals surface area contributed by atoms with Crippen LogP contribution in [0, 0.1) is 18.3 Å². The summed E-state index contributed by atoms with van der Waals surface area (Å²) in [6, 6.07) is 15.7. The van der Waals surface area contributed by atoms with Gasteiger partial charge in [-0.25, -0.2) is 9.79 Å². The zero-order valence-corrected chi connectivity index (χ0v) is 24.4. The third-order valence-electron chi connectivity index (χ3n) is 7.48. The maximum atomic E-state index is 13.6. The third kappa shape index (κ3) is 5.91. The summed E-state index contributed by atoms with van der Waals surface area (Å²) in [5, 5.41) is 13.5. The average Bonchev–Trinajstić information content (AvgIpc) is 3.52. The maximum absolute atomic E-state index is 13.6. The number of carbonyl (C=O) groups excluding carboxylic acids is 1. The van der Waals surface area contributed by atoms with Crippen LogP contribution in [0.4, 0.5) is 10.7 Å². The Morgan fingerprint density at radius 3 is 2.55 bits per heavy atom. The molecule has 8 heteroatoms. The number of carbonyl (C=O) groups is 2. The molecule has 0 saturated carbocycles. The van der Waals surface area contributed by atoms with Crippen molar-refractivity contribution < 1.29 is 19.1 Å². The Labute approximate surface area is 242 Å². The molecule has 0 aliphatic heterocycles. The van der Waals surface area contributed by atoms with Gasteiger partial charge in [0.1, 0.15) is 16.5 Å². The lowest BCUT2D eigenvalue weighted by Crippen LogP contribution is -2.27. The molecule has 1 aliphatic carbocycles. The molecule has 1 amide bonds. The van der Waals surface area contributed by atoms with Crippen LogP contribution in [-0.4, -0.2) is 23.2 Å². The fourth-order valence-electron chi connectivity index (χ4n) is 5.13. The van der Waals surface area contributed by atoms with Gasteiger partial charge in [0.2, 0.25) is 0 Å². The minimum Gasteiger partial charge on any atom is -0.478 e. The SMILES string of the molecule is Cc1cc(C(=O)O)ccc1-c1ccc(C=Nc2sc3c(c2C(=O)Nc2ccc(Cl)cc2)CC[C@@H](C(C)(C)C)C3)o1. The first kappa shape index (κ1) is 27.9. The van der Waals surface area contributed by atoms with Gasteiger partial charge in [-0.2, -0.15) is 0 Å². The highest BCUT2D eigenvalue weighted by Crippen LogP contribution is 2.45. The van der Waals surface area contributed by atoms with E-state index in [0.717, 1.165) is 36.0 Å². The smallest absolute Gasteiger partial charge is 0.335 e. The molecule has 0 unspecified atom stereocenters. The van der Waals surface area contributed by atoms with Crippen molar-refractivity contribution in [2.24, 2.45) is 16.3 Å². The predicted octanol–water partition coefficient (Wildman–Crippen LogP) is 8.82. The molecule has 2 aromatic heterocycles. The van der Waals surface area contributed by atoms with Crippen molar-refractivity contribution in [2.75, 3.05) is 5.32 Å². The average molecular weight is 575 g/mol. The summed E-state index contributed by atoms with van der Waals surface area (Å²) in [6.45, 7) is 8.67. The largest absolute Gasteiger partial charge is 0.478 e. The molecule has 4 aromatic rings. The summed E-state index contributed by atoms with van der Waals surface area (Å²) in [7, 11) is 0. The molecular weight excluding hydrogens is 544 g/mol. The fourth-order valence-corrected chi connectivity index (χ4v) is 6.52. The van der Waals surface area contributed by atoms with E-state index in [4.69, 9.17) is 21.0 Å². The van der Waals surface area contributed by atoms with Crippen molar-refractivity contribution >= 4 is 51.7 Å². The number of aromatic carboxylic acids is 1. The highest BCUT2D eigenvalue weighted by molar-refractivity contribution is 7.16. The van der Waals surface area contributed by atoms with E-state index in [2.05, 4.69) is 26.1 Å². The third-order valence-corrected chi connectivity index (χ3v) is 8.89. The van der Waals surface area contributed by atoms with Gasteiger partial charge < -0.3 is 14.8 Å². The molecule has 2 N–H and O–H groups in total. The van der Waals surface area contributed by atoms with Crippen LogP contribution in [0.15, 0.2) is 64.0 Å². The molecule has 40 heavy (non-hydrogen) atoms. The van der Waals surface area contributed by atoms with Gasteiger partial charge in [0.05, 0.1) is 17.3 Å². The Kier molecular flexibility index (Phi) is 7.71. The molecule has 0 spiro atoms. The number of carboxylic acid groups (broad SMARTS) is 1. The van der Waals surface area contributed by atoms with Gasteiger partial charge in [0, 0.05) is 21.2 Å².